The highest BCUT2D eigenvalue weighted by atomic mass is 16.7. The summed E-state index contributed by atoms with van der Waals surface area (Å²) in [5, 5.41) is 0. The van der Waals surface area contributed by atoms with Crippen LogP contribution in [-0.2, 0) is 22.3 Å². The molecule has 1 aromatic carbocycles. The number of hydrogen-bond acceptors (Lipinski definition) is 4. The van der Waals surface area contributed by atoms with Crippen LogP contribution in [0.4, 0.5) is 5.69 Å². The molecule has 0 bridgehead atoms. The molecule has 4 nitrogen and oxygen atoms in total. The molecule has 0 spiro atoms. The van der Waals surface area contributed by atoms with E-state index in [9.17, 15) is 0 Å². The van der Waals surface area contributed by atoms with E-state index in [1.165, 1.54) is 16.8 Å². The summed E-state index contributed by atoms with van der Waals surface area (Å²) in [6.07, 6.45) is 4.82. The lowest BCUT2D eigenvalue weighted by Gasteiger charge is -2.32. The van der Waals surface area contributed by atoms with Crippen molar-refractivity contribution in [3.63, 3.8) is 0 Å². The van der Waals surface area contributed by atoms with Gasteiger partial charge in [0.05, 0.1) is 11.2 Å². The lowest BCUT2D eigenvalue weighted by Crippen LogP contribution is -2.41. The van der Waals surface area contributed by atoms with Gasteiger partial charge in [-0.1, -0.05) is 18.2 Å². The fourth-order valence-corrected chi connectivity index (χ4v) is 3.49. The fourth-order valence-electron chi connectivity index (χ4n) is 3.49. The van der Waals surface area contributed by atoms with Gasteiger partial charge in [-0.3, -0.25) is 4.98 Å². The van der Waals surface area contributed by atoms with Crippen molar-refractivity contribution in [2.45, 2.75) is 51.9 Å². The molecule has 2 aliphatic rings. The number of rotatable bonds is 3. The average Bonchev–Trinajstić information content (AvgIpc) is 3.06. The van der Waals surface area contributed by atoms with Crippen molar-refractivity contribution in [2.24, 2.45) is 0 Å². The summed E-state index contributed by atoms with van der Waals surface area (Å²) >= 11 is 0. The Hall–Kier alpha value is -1.85. The van der Waals surface area contributed by atoms with Crippen molar-refractivity contribution in [2.75, 3.05) is 11.4 Å². The van der Waals surface area contributed by atoms with Gasteiger partial charge >= 0.3 is 7.12 Å². The van der Waals surface area contributed by atoms with E-state index < -0.39 is 0 Å². The van der Waals surface area contributed by atoms with Crippen molar-refractivity contribution in [3.8, 4) is 0 Å². The third kappa shape index (κ3) is 2.96. The monoisotopic (exact) mass is 336 g/mol. The van der Waals surface area contributed by atoms with Crippen molar-refractivity contribution < 1.29 is 9.31 Å². The molecule has 130 valence electrons. The van der Waals surface area contributed by atoms with Crippen LogP contribution in [0.3, 0.4) is 0 Å². The Morgan fingerprint density at radius 3 is 2.56 bits per heavy atom. The smallest absolute Gasteiger partial charge is 0.399 e. The lowest BCUT2D eigenvalue weighted by molar-refractivity contribution is 0.00578. The molecule has 0 atom stereocenters. The SMILES string of the molecule is CC1(C)OB(c2ccc3c(c2)CCN3Cc2cccnc2)OC1(C)C. The molecule has 1 fully saturated rings. The Morgan fingerprint density at radius 1 is 1.12 bits per heavy atom. The Balaban J connectivity index is 1.54. The molecular weight excluding hydrogens is 311 g/mol. The van der Waals surface area contributed by atoms with E-state index in [2.05, 4.69) is 61.8 Å². The Bertz CT molecular complexity index is 761. The highest BCUT2D eigenvalue weighted by molar-refractivity contribution is 6.62. The molecule has 0 unspecified atom stereocenters. The van der Waals surface area contributed by atoms with E-state index in [-0.39, 0.29) is 18.3 Å². The second-order valence-electron chi connectivity index (χ2n) is 8.01. The Labute approximate surface area is 150 Å². The van der Waals surface area contributed by atoms with Crippen molar-refractivity contribution in [1.82, 2.24) is 4.98 Å². The molecule has 4 rings (SSSR count). The summed E-state index contributed by atoms with van der Waals surface area (Å²) in [4.78, 5) is 6.63. The molecule has 5 heteroatoms. The van der Waals surface area contributed by atoms with Crippen molar-refractivity contribution >= 4 is 18.3 Å². The third-order valence-corrected chi connectivity index (χ3v) is 5.72. The van der Waals surface area contributed by atoms with Gasteiger partial charge in [0.2, 0.25) is 0 Å². The molecule has 3 heterocycles. The number of benzene rings is 1. The van der Waals surface area contributed by atoms with Crippen LogP contribution in [0.1, 0.15) is 38.8 Å². The summed E-state index contributed by atoms with van der Waals surface area (Å²) in [5.41, 5.74) is 4.43. The minimum Gasteiger partial charge on any atom is -0.399 e. The fraction of sp³-hybridized carbons (Fsp3) is 0.450. The topological polar surface area (TPSA) is 34.6 Å². The summed E-state index contributed by atoms with van der Waals surface area (Å²) in [6, 6.07) is 10.7. The van der Waals surface area contributed by atoms with Crippen LogP contribution in [0.5, 0.6) is 0 Å². The quantitative estimate of drug-likeness (QED) is 0.808. The number of anilines is 1. The highest BCUT2D eigenvalue weighted by Crippen LogP contribution is 2.37. The maximum absolute atomic E-state index is 6.19. The Kier molecular flexibility index (Phi) is 3.89. The van der Waals surface area contributed by atoms with Crippen LogP contribution in [0.25, 0.3) is 0 Å². The average molecular weight is 336 g/mol. The number of pyridine rings is 1. The van der Waals surface area contributed by atoms with Gasteiger partial charge in [-0.05, 0) is 62.8 Å². The molecule has 25 heavy (non-hydrogen) atoms. The normalized spacial score (nSPS) is 20.8. The largest absolute Gasteiger partial charge is 0.494 e. The van der Waals surface area contributed by atoms with Crippen LogP contribution in [0.15, 0.2) is 42.7 Å². The van der Waals surface area contributed by atoms with Gasteiger partial charge in [-0.25, -0.2) is 0 Å². The first kappa shape index (κ1) is 16.6. The maximum Gasteiger partial charge on any atom is 0.494 e. The van der Waals surface area contributed by atoms with Gasteiger partial charge in [0.25, 0.3) is 0 Å². The number of nitrogens with zero attached hydrogens (tertiary/aromatic N) is 2. The molecule has 0 radical (unpaired) electrons. The van der Waals surface area contributed by atoms with Gasteiger partial charge in [-0.15, -0.1) is 0 Å². The zero-order valence-corrected chi connectivity index (χ0v) is 15.5. The van der Waals surface area contributed by atoms with Gasteiger partial charge < -0.3 is 14.2 Å². The van der Waals surface area contributed by atoms with E-state index in [4.69, 9.17) is 9.31 Å². The predicted octanol–water partition coefficient (Wildman–Crippen LogP) is 2.94. The zero-order chi connectivity index (χ0) is 17.7. The van der Waals surface area contributed by atoms with Crippen LogP contribution < -0.4 is 10.4 Å². The second kappa shape index (κ2) is 5.85. The number of hydrogen-bond donors (Lipinski definition) is 0. The minimum absolute atomic E-state index is 0.289. The van der Waals surface area contributed by atoms with E-state index in [1.54, 1.807) is 0 Å². The summed E-state index contributed by atoms with van der Waals surface area (Å²) in [7, 11) is -0.289. The zero-order valence-electron chi connectivity index (χ0n) is 15.5. The van der Waals surface area contributed by atoms with Crippen LogP contribution in [0, 0.1) is 0 Å². The van der Waals surface area contributed by atoms with E-state index >= 15 is 0 Å². The third-order valence-electron chi connectivity index (χ3n) is 5.72. The van der Waals surface area contributed by atoms with Gasteiger partial charge in [0.15, 0.2) is 0 Å². The number of aromatic nitrogens is 1. The first-order valence-electron chi connectivity index (χ1n) is 8.98. The molecule has 2 aliphatic heterocycles. The van der Waals surface area contributed by atoms with Crippen LogP contribution in [0.2, 0.25) is 0 Å². The van der Waals surface area contributed by atoms with Crippen LogP contribution >= 0.6 is 0 Å². The standard InChI is InChI=1S/C20H25BN2O2/c1-19(2)20(3,4)25-21(24-19)17-7-8-18-16(12-17)9-11-23(18)14-15-6-5-10-22-13-15/h5-8,10,12-13H,9,11,14H2,1-4H3. The summed E-state index contributed by atoms with van der Waals surface area (Å²) < 4.78 is 12.4. The first-order valence-corrected chi connectivity index (χ1v) is 8.98. The molecule has 0 saturated carbocycles. The number of fused-ring (bicyclic) bond motifs is 1. The van der Waals surface area contributed by atoms with Crippen molar-refractivity contribution in [1.29, 1.82) is 0 Å². The van der Waals surface area contributed by atoms with Gasteiger partial charge in [0.1, 0.15) is 0 Å². The molecule has 0 N–H and O–H groups in total. The predicted molar refractivity (Wildman–Crippen MR) is 101 cm³/mol. The summed E-state index contributed by atoms with van der Waals surface area (Å²) in [6.45, 7) is 10.3. The minimum atomic E-state index is -0.303. The molecule has 0 aliphatic carbocycles. The van der Waals surface area contributed by atoms with E-state index in [0.717, 1.165) is 25.0 Å². The van der Waals surface area contributed by atoms with E-state index in [0.29, 0.717) is 0 Å². The molecule has 0 amide bonds. The summed E-state index contributed by atoms with van der Waals surface area (Å²) in [5.74, 6) is 0. The van der Waals surface area contributed by atoms with Gasteiger partial charge in [-0.2, -0.15) is 0 Å². The van der Waals surface area contributed by atoms with E-state index in [1.807, 2.05) is 18.5 Å². The lowest BCUT2D eigenvalue weighted by atomic mass is 9.78. The van der Waals surface area contributed by atoms with Crippen LogP contribution in [-0.4, -0.2) is 29.8 Å². The second-order valence-corrected chi connectivity index (χ2v) is 8.01. The maximum atomic E-state index is 6.19. The molecule has 1 aromatic heterocycles. The molecule has 1 saturated heterocycles. The molecule has 2 aromatic rings. The Morgan fingerprint density at radius 2 is 1.88 bits per heavy atom. The highest BCUT2D eigenvalue weighted by Gasteiger charge is 2.51. The van der Waals surface area contributed by atoms with Crippen molar-refractivity contribution in [3.05, 3.63) is 53.9 Å². The van der Waals surface area contributed by atoms with Gasteiger partial charge in [0, 0.05) is 31.2 Å². The molecular formula is C20H25BN2O2. The first-order chi connectivity index (χ1) is 11.9.